The van der Waals surface area contributed by atoms with E-state index in [0.29, 0.717) is 32.4 Å². The standard InChI is InChI=1S/C36H66N4O10/c1-14-27-36(9)30(38-34(45)50-36)23(7)37-17-20(4)16-35(8,46-13)31(21(5)28(42)22(6)32(44)48-27)49-33-29(43)24(39(10)11)15-26(47-33)25(41)18-40(12)19(2)3/h19-27,29-31,33,37,41,43H,14-18H2,1-13H3,(H,38,45)/t20-,21+,22?,23-,24?,25?,26+,27-,29?,30-,31-,33+,35-,36-/m1/s1. The van der Waals surface area contributed by atoms with Crippen molar-refractivity contribution >= 4 is 17.8 Å². The SMILES string of the molecule is CC[C@H]1OC(=O)C(C)C(=O)[C@H](C)[C@@H](O[C@@H]2O[C@H](C(O)CN(C)C(C)C)CC(N(C)C)C2O)[C@](C)(OC)C[C@@H](C)CN[C@H](C)[C@H]2NC(=O)O[C@@]21C. The molecule has 0 spiro atoms. The van der Waals surface area contributed by atoms with Gasteiger partial charge in [-0.15, -0.1) is 0 Å². The summed E-state index contributed by atoms with van der Waals surface area (Å²) >= 11 is 0. The average molecular weight is 715 g/mol. The van der Waals surface area contributed by atoms with E-state index in [1.807, 2.05) is 65.6 Å². The summed E-state index contributed by atoms with van der Waals surface area (Å²) in [7, 11) is 7.19. The smallest absolute Gasteiger partial charge is 0.408 e. The van der Waals surface area contributed by atoms with Crippen molar-refractivity contribution in [2.75, 3.05) is 41.3 Å². The predicted octanol–water partition coefficient (Wildman–Crippen LogP) is 1.93. The Morgan fingerprint density at radius 2 is 1.72 bits per heavy atom. The zero-order valence-electron chi connectivity index (χ0n) is 32.6. The summed E-state index contributed by atoms with van der Waals surface area (Å²) in [5.74, 6) is -3.29. The molecule has 0 aromatic heterocycles. The number of aliphatic hydroxyl groups is 2. The van der Waals surface area contributed by atoms with E-state index in [2.05, 4.69) is 17.6 Å². The van der Waals surface area contributed by atoms with E-state index in [4.69, 9.17) is 23.7 Å². The molecule has 3 aliphatic heterocycles. The van der Waals surface area contributed by atoms with Crippen molar-refractivity contribution in [1.82, 2.24) is 20.4 Å². The van der Waals surface area contributed by atoms with E-state index in [9.17, 15) is 24.6 Å². The second-order valence-electron chi connectivity index (χ2n) is 15.9. The van der Waals surface area contributed by atoms with Crippen LogP contribution in [-0.2, 0) is 33.3 Å². The number of fused-ring (bicyclic) bond motifs is 1. The van der Waals surface area contributed by atoms with Crippen molar-refractivity contribution in [3.8, 4) is 0 Å². The van der Waals surface area contributed by atoms with E-state index in [-0.39, 0.29) is 18.0 Å². The van der Waals surface area contributed by atoms with Crippen LogP contribution in [0.15, 0.2) is 0 Å². The van der Waals surface area contributed by atoms with E-state index < -0.39 is 89.8 Å². The molecule has 14 heteroatoms. The zero-order chi connectivity index (χ0) is 37.9. The summed E-state index contributed by atoms with van der Waals surface area (Å²) in [6, 6.07) is -0.989. The van der Waals surface area contributed by atoms with Crippen LogP contribution in [0.1, 0.15) is 81.6 Å². The highest BCUT2D eigenvalue weighted by atomic mass is 16.7. The van der Waals surface area contributed by atoms with Crippen molar-refractivity contribution < 1.29 is 48.3 Å². The fourth-order valence-corrected chi connectivity index (χ4v) is 7.84. The Morgan fingerprint density at radius 3 is 2.28 bits per heavy atom. The molecule has 14 nitrogen and oxygen atoms in total. The fraction of sp³-hybridized carbons (Fsp3) is 0.917. The molecule has 0 aromatic rings. The van der Waals surface area contributed by atoms with Gasteiger partial charge in [0.2, 0.25) is 0 Å². The number of carbonyl (C=O) groups is 3. The summed E-state index contributed by atoms with van der Waals surface area (Å²) in [5, 5.41) is 29.3. The number of esters is 1. The number of rotatable bonds is 9. The Kier molecular flexibility index (Phi) is 14.7. The maximum absolute atomic E-state index is 14.2. The molecule has 4 N–H and O–H groups in total. The van der Waals surface area contributed by atoms with Crippen LogP contribution in [-0.4, -0.2) is 151 Å². The second kappa shape index (κ2) is 17.3. The maximum atomic E-state index is 14.2. The molecule has 3 heterocycles. The number of likely N-dealkylation sites (N-methyl/N-ethyl adjacent to an activating group) is 2. The number of carbonyl (C=O) groups excluding carboxylic acids is 3. The van der Waals surface area contributed by atoms with Crippen molar-refractivity contribution in [1.29, 1.82) is 0 Å². The lowest BCUT2D eigenvalue weighted by atomic mass is 9.78. The summed E-state index contributed by atoms with van der Waals surface area (Å²) in [6.07, 6.45) is -5.09. The number of nitrogens with one attached hydrogen (secondary N) is 2. The minimum atomic E-state index is -1.21. The molecule has 50 heavy (non-hydrogen) atoms. The Hall–Kier alpha value is -1.91. The molecule has 3 rings (SSSR count). The first-order chi connectivity index (χ1) is 23.2. The first-order valence-electron chi connectivity index (χ1n) is 18.3. The van der Waals surface area contributed by atoms with Crippen LogP contribution in [0.5, 0.6) is 0 Å². The zero-order valence-corrected chi connectivity index (χ0v) is 32.6. The number of alkyl carbamates (subject to hydrolysis) is 1. The molecule has 3 saturated heterocycles. The second-order valence-corrected chi connectivity index (χ2v) is 15.9. The molecule has 3 fully saturated rings. The number of ketones is 1. The van der Waals surface area contributed by atoms with Crippen molar-refractivity contribution in [2.45, 2.75) is 154 Å². The van der Waals surface area contributed by atoms with Crippen molar-refractivity contribution in [3.63, 3.8) is 0 Å². The third kappa shape index (κ3) is 9.35. The Balaban J connectivity index is 2.03. The van der Waals surface area contributed by atoms with Crippen LogP contribution in [0.2, 0.25) is 0 Å². The van der Waals surface area contributed by atoms with Crippen LogP contribution in [0.25, 0.3) is 0 Å². The number of nitrogens with zero attached hydrogens (tertiary/aromatic N) is 2. The minimum absolute atomic E-state index is 0.0182. The number of cyclic esters (lactones) is 1. The van der Waals surface area contributed by atoms with Crippen LogP contribution in [0.3, 0.4) is 0 Å². The molecule has 4 unspecified atom stereocenters. The molecular weight excluding hydrogens is 648 g/mol. The normalized spacial score (nSPS) is 41.6. The summed E-state index contributed by atoms with van der Waals surface area (Å²) in [5.41, 5.74) is -2.27. The molecule has 0 aliphatic carbocycles. The van der Waals surface area contributed by atoms with Gasteiger partial charge in [0.1, 0.15) is 18.1 Å². The lowest BCUT2D eigenvalue weighted by Crippen LogP contribution is -2.61. The quantitative estimate of drug-likeness (QED) is 0.202. The van der Waals surface area contributed by atoms with Gasteiger partial charge in [0.05, 0.1) is 30.0 Å². The molecule has 0 bridgehead atoms. The largest absolute Gasteiger partial charge is 0.458 e. The molecule has 14 atom stereocenters. The first kappa shape index (κ1) is 42.5. The van der Waals surface area contributed by atoms with Gasteiger partial charge in [0.25, 0.3) is 0 Å². The predicted molar refractivity (Wildman–Crippen MR) is 187 cm³/mol. The first-order valence-corrected chi connectivity index (χ1v) is 18.3. The molecule has 290 valence electrons. The van der Waals surface area contributed by atoms with Crippen LogP contribution >= 0.6 is 0 Å². The van der Waals surface area contributed by atoms with E-state index >= 15 is 0 Å². The van der Waals surface area contributed by atoms with Gasteiger partial charge < -0.3 is 54.3 Å². The number of methoxy groups -OCH3 is 1. The van der Waals surface area contributed by atoms with Crippen LogP contribution in [0, 0.1) is 17.8 Å². The third-order valence-corrected chi connectivity index (χ3v) is 11.5. The average Bonchev–Trinajstić information content (AvgIpc) is 3.37. The molecule has 0 aromatic carbocycles. The highest BCUT2D eigenvalue weighted by molar-refractivity contribution is 6.00. The highest BCUT2D eigenvalue weighted by Gasteiger charge is 2.55. The third-order valence-electron chi connectivity index (χ3n) is 11.5. The van der Waals surface area contributed by atoms with Gasteiger partial charge in [-0.25, -0.2) is 4.79 Å². The van der Waals surface area contributed by atoms with E-state index in [1.165, 1.54) is 6.92 Å². The Morgan fingerprint density at radius 1 is 1.08 bits per heavy atom. The minimum Gasteiger partial charge on any atom is -0.458 e. The summed E-state index contributed by atoms with van der Waals surface area (Å²) in [4.78, 5) is 44.4. The molecule has 3 aliphatic rings. The number of aliphatic hydroxyl groups excluding tert-OH is 2. The maximum Gasteiger partial charge on any atom is 0.408 e. The van der Waals surface area contributed by atoms with Crippen LogP contribution < -0.4 is 10.6 Å². The van der Waals surface area contributed by atoms with Crippen molar-refractivity contribution in [3.05, 3.63) is 0 Å². The highest BCUT2D eigenvalue weighted by Crippen LogP contribution is 2.38. The van der Waals surface area contributed by atoms with Gasteiger partial charge in [-0.05, 0) is 94.4 Å². The van der Waals surface area contributed by atoms with Gasteiger partial charge in [0, 0.05) is 37.7 Å². The van der Waals surface area contributed by atoms with Crippen LogP contribution in [0.4, 0.5) is 4.79 Å². The molecular formula is C36H66N4O10. The van der Waals surface area contributed by atoms with Gasteiger partial charge in [-0.1, -0.05) is 20.8 Å². The van der Waals surface area contributed by atoms with Gasteiger partial charge in [-0.2, -0.15) is 0 Å². The van der Waals surface area contributed by atoms with E-state index in [0.717, 1.165) is 0 Å². The lowest BCUT2D eigenvalue weighted by molar-refractivity contribution is -0.307. The number of ether oxygens (including phenoxy) is 5. The molecule has 0 radical (unpaired) electrons. The van der Waals surface area contributed by atoms with Crippen molar-refractivity contribution in [2.24, 2.45) is 17.8 Å². The molecule has 1 amide bonds. The van der Waals surface area contributed by atoms with Gasteiger partial charge in [-0.3, -0.25) is 9.59 Å². The van der Waals surface area contributed by atoms with Gasteiger partial charge >= 0.3 is 12.1 Å². The summed E-state index contributed by atoms with van der Waals surface area (Å²) in [6.45, 7) is 17.6. The lowest BCUT2D eigenvalue weighted by Gasteiger charge is -2.48. The Bertz CT molecular complexity index is 1160. The number of hydrogen-bond acceptors (Lipinski definition) is 13. The van der Waals surface area contributed by atoms with E-state index in [1.54, 1.807) is 21.0 Å². The Labute approximate surface area is 299 Å². The topological polar surface area (TPSA) is 168 Å². The monoisotopic (exact) mass is 714 g/mol. The molecule has 0 saturated carbocycles. The summed E-state index contributed by atoms with van der Waals surface area (Å²) < 4.78 is 31.0. The van der Waals surface area contributed by atoms with Gasteiger partial charge in [0.15, 0.2) is 17.7 Å². The number of Topliss-reactive ketones (excluding diaryl/α,β-unsaturated/α-hetero) is 1. The number of amides is 1. The number of hydrogen-bond donors (Lipinski definition) is 4. The fourth-order valence-electron chi connectivity index (χ4n) is 7.84.